The Morgan fingerprint density at radius 2 is 1.42 bits per heavy atom. The van der Waals surface area contributed by atoms with Crippen molar-refractivity contribution in [2.75, 3.05) is 0 Å². The molecule has 0 heterocycles. The molecule has 126 valence electrons. The molecular weight excluding hydrogens is 314 g/mol. The van der Waals surface area contributed by atoms with Crippen molar-refractivity contribution < 1.29 is 9.22 Å². The van der Waals surface area contributed by atoms with Crippen molar-refractivity contribution in [3.63, 3.8) is 0 Å². The van der Waals surface area contributed by atoms with Crippen molar-refractivity contribution in [3.8, 4) is 6.07 Å². The number of nitriles is 1. The summed E-state index contributed by atoms with van der Waals surface area (Å²) in [5, 5.41) is 9.06. The maximum Gasteiger partial charge on any atom is 0.186 e. The highest BCUT2D eigenvalue weighted by atomic mass is 28.4. The number of benzene rings is 2. The summed E-state index contributed by atoms with van der Waals surface area (Å²) in [6, 6.07) is 17.6. The minimum Gasteiger partial charge on any atom is -0.399 e. The molecule has 0 bridgehead atoms. The molecule has 2 rings (SSSR count). The lowest BCUT2D eigenvalue weighted by Gasteiger charge is -2.21. The molecule has 0 aliphatic rings. The predicted molar refractivity (Wildman–Crippen MR) is 101 cm³/mol. The number of rotatable bonds is 4. The lowest BCUT2D eigenvalue weighted by atomic mass is 10.1. The maximum atomic E-state index is 10.1. The Bertz CT molecular complexity index is 680. The molecule has 2 aromatic rings. The Hall–Kier alpha value is -2.22. The minimum atomic E-state index is -1.66. The minimum absolute atomic E-state index is 0.419. The second kappa shape index (κ2) is 9.17. The lowest BCUT2D eigenvalue weighted by molar-refractivity contribution is 0.112. The van der Waals surface area contributed by atoms with Crippen LogP contribution in [-0.2, 0) is 4.43 Å². The van der Waals surface area contributed by atoms with Crippen molar-refractivity contribution in [2.45, 2.75) is 39.6 Å². The average Bonchev–Trinajstić information content (AvgIpc) is 2.54. The van der Waals surface area contributed by atoms with Gasteiger partial charge in [0.25, 0.3) is 0 Å². The number of hydrogen-bond donors (Lipinski definition) is 0. The quantitative estimate of drug-likeness (QED) is 0.567. The zero-order chi connectivity index (χ0) is 18.2. The summed E-state index contributed by atoms with van der Waals surface area (Å²) in [6.45, 7) is 10.3. The summed E-state index contributed by atoms with van der Waals surface area (Å²) in [5.41, 5.74) is 4.06. The third-order valence-corrected chi connectivity index (χ3v) is 4.13. The predicted octanol–water partition coefficient (Wildman–Crippen LogP) is 5.22. The Labute approximate surface area is 146 Å². The standard InChI is InChI=1S/C12H17NOSi.C8H8O/c1-10-5-7-11(8-6-10)12(9-13)14-15(2,3)4;1-7-2-4-8(6-9)5-3-7/h5-8,12H,1-4H3;2-6H,1H3. The van der Waals surface area contributed by atoms with Gasteiger partial charge in [0.15, 0.2) is 14.4 Å². The molecular formula is C20H25NO2Si. The Balaban J connectivity index is 0.000000272. The lowest BCUT2D eigenvalue weighted by Crippen LogP contribution is -2.27. The molecule has 0 N–H and O–H groups in total. The molecule has 0 saturated heterocycles. The van der Waals surface area contributed by atoms with Crippen LogP contribution in [0.25, 0.3) is 0 Å². The Morgan fingerprint density at radius 3 is 1.79 bits per heavy atom. The molecule has 0 amide bonds. The van der Waals surface area contributed by atoms with E-state index in [0.717, 1.165) is 17.4 Å². The number of aldehydes is 1. The van der Waals surface area contributed by atoms with Gasteiger partial charge in [-0.15, -0.1) is 0 Å². The summed E-state index contributed by atoms with van der Waals surface area (Å²) in [5.74, 6) is 0. The van der Waals surface area contributed by atoms with Gasteiger partial charge in [-0.05, 0) is 39.1 Å². The highest BCUT2D eigenvalue weighted by Gasteiger charge is 2.21. The van der Waals surface area contributed by atoms with Gasteiger partial charge in [0.05, 0.1) is 6.07 Å². The van der Waals surface area contributed by atoms with E-state index in [0.29, 0.717) is 0 Å². The highest BCUT2D eigenvalue weighted by molar-refractivity contribution is 6.69. The number of carbonyl (C=O) groups is 1. The summed E-state index contributed by atoms with van der Waals surface area (Å²) in [6.07, 6.45) is 0.427. The van der Waals surface area contributed by atoms with Crippen molar-refractivity contribution in [1.82, 2.24) is 0 Å². The molecule has 1 atom stereocenters. The van der Waals surface area contributed by atoms with Crippen LogP contribution in [0.2, 0.25) is 19.6 Å². The van der Waals surface area contributed by atoms with E-state index in [4.69, 9.17) is 9.69 Å². The smallest absolute Gasteiger partial charge is 0.186 e. The molecule has 0 fully saturated rings. The fourth-order valence-electron chi connectivity index (χ4n) is 1.91. The molecule has 0 aliphatic carbocycles. The van der Waals surface area contributed by atoms with Crippen LogP contribution in [0.3, 0.4) is 0 Å². The van der Waals surface area contributed by atoms with Gasteiger partial charge in [0.1, 0.15) is 6.29 Å². The van der Waals surface area contributed by atoms with E-state index in [9.17, 15) is 4.79 Å². The summed E-state index contributed by atoms with van der Waals surface area (Å²) in [7, 11) is -1.66. The molecule has 2 aromatic carbocycles. The largest absolute Gasteiger partial charge is 0.399 e. The van der Waals surface area contributed by atoms with E-state index in [2.05, 4.69) is 25.7 Å². The van der Waals surface area contributed by atoms with Gasteiger partial charge in [0, 0.05) is 5.56 Å². The summed E-state index contributed by atoms with van der Waals surface area (Å²) < 4.78 is 5.79. The molecule has 24 heavy (non-hydrogen) atoms. The van der Waals surface area contributed by atoms with E-state index in [1.165, 1.54) is 11.1 Å². The average molecular weight is 340 g/mol. The highest BCUT2D eigenvalue weighted by Crippen LogP contribution is 2.21. The molecule has 1 unspecified atom stereocenters. The van der Waals surface area contributed by atoms with Crippen LogP contribution >= 0.6 is 0 Å². The van der Waals surface area contributed by atoms with E-state index >= 15 is 0 Å². The van der Waals surface area contributed by atoms with Crippen molar-refractivity contribution in [2.24, 2.45) is 0 Å². The van der Waals surface area contributed by atoms with Gasteiger partial charge >= 0.3 is 0 Å². The fraction of sp³-hybridized carbons (Fsp3) is 0.300. The van der Waals surface area contributed by atoms with Crippen molar-refractivity contribution in [3.05, 3.63) is 70.8 Å². The van der Waals surface area contributed by atoms with Crippen molar-refractivity contribution >= 4 is 14.6 Å². The first kappa shape index (κ1) is 19.8. The van der Waals surface area contributed by atoms with Gasteiger partial charge in [-0.1, -0.05) is 59.7 Å². The second-order valence-corrected chi connectivity index (χ2v) is 11.1. The number of nitrogens with zero attached hydrogens (tertiary/aromatic N) is 1. The molecule has 0 saturated carbocycles. The van der Waals surface area contributed by atoms with Gasteiger partial charge in [-0.25, -0.2) is 0 Å². The summed E-state index contributed by atoms with van der Waals surface area (Å²) >= 11 is 0. The van der Waals surface area contributed by atoms with E-state index in [-0.39, 0.29) is 0 Å². The molecule has 0 radical (unpaired) electrons. The summed E-state index contributed by atoms with van der Waals surface area (Å²) in [4.78, 5) is 10.1. The van der Waals surface area contributed by atoms with Crippen LogP contribution in [0.15, 0.2) is 48.5 Å². The monoisotopic (exact) mass is 339 g/mol. The Kier molecular flexibility index (Phi) is 7.57. The third kappa shape index (κ3) is 7.36. The van der Waals surface area contributed by atoms with E-state index < -0.39 is 14.4 Å². The molecule has 0 spiro atoms. The maximum absolute atomic E-state index is 10.1. The third-order valence-electron chi connectivity index (χ3n) is 3.18. The fourth-order valence-corrected chi connectivity index (χ4v) is 2.80. The van der Waals surface area contributed by atoms with E-state index in [1.807, 2.05) is 62.4 Å². The first-order chi connectivity index (χ1) is 11.2. The SMILES string of the molecule is Cc1ccc(C(C#N)O[Si](C)(C)C)cc1.Cc1ccc(C=O)cc1. The van der Waals surface area contributed by atoms with Crippen LogP contribution < -0.4 is 0 Å². The molecule has 4 heteroatoms. The number of carbonyl (C=O) groups excluding carboxylic acids is 1. The van der Waals surface area contributed by atoms with Gasteiger partial charge in [0.2, 0.25) is 0 Å². The van der Waals surface area contributed by atoms with Crippen LogP contribution in [0.4, 0.5) is 0 Å². The number of aryl methyl sites for hydroxylation is 2. The molecule has 0 aliphatic heterocycles. The first-order valence-corrected chi connectivity index (χ1v) is 11.3. The molecule has 3 nitrogen and oxygen atoms in total. The number of hydrogen-bond acceptors (Lipinski definition) is 3. The second-order valence-electron chi connectivity index (χ2n) is 6.68. The topological polar surface area (TPSA) is 50.1 Å². The van der Waals surface area contributed by atoms with Crippen LogP contribution in [0.5, 0.6) is 0 Å². The van der Waals surface area contributed by atoms with Crippen LogP contribution in [-0.4, -0.2) is 14.6 Å². The van der Waals surface area contributed by atoms with Crippen LogP contribution in [0.1, 0.15) is 33.2 Å². The zero-order valence-corrected chi connectivity index (χ0v) is 16.0. The normalized spacial score (nSPS) is 11.7. The Morgan fingerprint density at radius 1 is 0.958 bits per heavy atom. The van der Waals surface area contributed by atoms with Crippen LogP contribution in [0, 0.1) is 25.2 Å². The van der Waals surface area contributed by atoms with Crippen molar-refractivity contribution in [1.29, 1.82) is 5.26 Å². The van der Waals surface area contributed by atoms with Gasteiger partial charge < -0.3 is 4.43 Å². The molecule has 0 aromatic heterocycles. The van der Waals surface area contributed by atoms with E-state index in [1.54, 1.807) is 0 Å². The first-order valence-electron chi connectivity index (χ1n) is 7.91. The van der Waals surface area contributed by atoms with Gasteiger partial charge in [-0.2, -0.15) is 5.26 Å². The van der Waals surface area contributed by atoms with Gasteiger partial charge in [-0.3, -0.25) is 4.79 Å². The zero-order valence-electron chi connectivity index (χ0n) is 15.0.